The van der Waals surface area contributed by atoms with Crippen LogP contribution < -0.4 is 5.32 Å². The van der Waals surface area contributed by atoms with Crippen LogP contribution in [-0.2, 0) is 25.7 Å². The van der Waals surface area contributed by atoms with Crippen molar-refractivity contribution in [1.82, 2.24) is 30.4 Å². The van der Waals surface area contributed by atoms with E-state index in [0.29, 0.717) is 5.75 Å². The molecule has 0 aliphatic carbocycles. The number of carbonyl (C=O) groups excluding carboxylic acids is 2. The Bertz CT molecular complexity index is 689. The number of hydrogen-bond acceptors (Lipinski definition) is 8. The Morgan fingerprint density at radius 1 is 1.57 bits per heavy atom. The third-order valence-electron chi connectivity index (χ3n) is 3.40. The Kier molecular flexibility index (Phi) is 3.90. The van der Waals surface area contributed by atoms with Crippen LogP contribution in [0.25, 0.3) is 0 Å². The van der Waals surface area contributed by atoms with E-state index in [1.165, 1.54) is 29.9 Å². The van der Waals surface area contributed by atoms with Gasteiger partial charge in [0.25, 0.3) is 5.91 Å². The van der Waals surface area contributed by atoms with Crippen LogP contribution in [0.4, 0.5) is 0 Å². The summed E-state index contributed by atoms with van der Waals surface area (Å²) in [6.45, 7) is -0.126. The summed E-state index contributed by atoms with van der Waals surface area (Å²) in [7, 11) is 1.36. The monoisotopic (exact) mass is 340 g/mol. The van der Waals surface area contributed by atoms with Gasteiger partial charge in [0, 0.05) is 0 Å². The Morgan fingerprint density at radius 2 is 2.35 bits per heavy atom. The van der Waals surface area contributed by atoms with Crippen molar-refractivity contribution in [3.8, 4) is 0 Å². The quantitative estimate of drug-likeness (QED) is 0.583. The van der Waals surface area contributed by atoms with Crippen LogP contribution in [-0.4, -0.2) is 72.3 Å². The van der Waals surface area contributed by atoms with E-state index in [1.807, 2.05) is 0 Å². The number of carbonyl (C=O) groups is 3. The number of β-lactam (4-membered cyclic amide) rings is 1. The lowest BCUT2D eigenvalue weighted by atomic mass is 10.0. The average Bonchev–Trinajstić information content (AvgIpc) is 3.03. The first-order chi connectivity index (χ1) is 11.0. The molecule has 3 rings (SSSR count). The lowest BCUT2D eigenvalue weighted by Crippen LogP contribution is -2.70. The summed E-state index contributed by atoms with van der Waals surface area (Å²) in [5.41, 5.74) is -0.174. The molecule has 23 heavy (non-hydrogen) atoms. The van der Waals surface area contributed by atoms with Gasteiger partial charge in [0.1, 0.15) is 30.0 Å². The number of ether oxygens (including phenoxy) is 1. The topological polar surface area (TPSA) is 140 Å². The number of carboxylic acid groups (broad SMARTS) is 1. The van der Waals surface area contributed by atoms with Gasteiger partial charge in [0.2, 0.25) is 5.91 Å². The van der Waals surface area contributed by atoms with E-state index < -0.39 is 29.2 Å². The molecule has 1 fully saturated rings. The number of methoxy groups -OCH3 is 1. The number of aromatic nitrogens is 4. The molecule has 2 atom stereocenters. The summed E-state index contributed by atoms with van der Waals surface area (Å²) in [5.74, 6) is -1.62. The van der Waals surface area contributed by atoms with E-state index >= 15 is 0 Å². The van der Waals surface area contributed by atoms with Crippen molar-refractivity contribution in [3.63, 3.8) is 0 Å². The summed E-state index contributed by atoms with van der Waals surface area (Å²) in [5, 5.41) is 21.7. The van der Waals surface area contributed by atoms with Crippen LogP contribution in [0.3, 0.4) is 0 Å². The van der Waals surface area contributed by atoms with Crippen molar-refractivity contribution in [2.75, 3.05) is 12.9 Å². The van der Waals surface area contributed by atoms with E-state index in [1.54, 1.807) is 0 Å². The molecule has 0 bridgehead atoms. The molecule has 2 N–H and O–H groups in total. The smallest absolute Gasteiger partial charge is 0.356 e. The fourth-order valence-corrected chi connectivity index (χ4v) is 3.68. The van der Waals surface area contributed by atoms with Gasteiger partial charge in [-0.25, -0.2) is 9.48 Å². The summed E-state index contributed by atoms with van der Waals surface area (Å²) >= 11 is 1.33. The zero-order valence-corrected chi connectivity index (χ0v) is 12.7. The van der Waals surface area contributed by atoms with Gasteiger partial charge >= 0.3 is 5.97 Å². The number of tetrazole rings is 1. The molecule has 3 heterocycles. The van der Waals surface area contributed by atoms with Gasteiger partial charge in [0.05, 0.1) is 12.9 Å². The summed E-state index contributed by atoms with van der Waals surface area (Å²) < 4.78 is 6.24. The molecule has 1 aromatic heterocycles. The number of rotatable bonds is 5. The minimum atomic E-state index is -1.24. The van der Waals surface area contributed by atoms with Crippen LogP contribution in [0.5, 0.6) is 0 Å². The van der Waals surface area contributed by atoms with Crippen molar-refractivity contribution in [2.24, 2.45) is 0 Å². The van der Waals surface area contributed by atoms with Crippen molar-refractivity contribution in [1.29, 1.82) is 0 Å². The third-order valence-corrected chi connectivity index (χ3v) is 4.65. The van der Waals surface area contributed by atoms with Crippen molar-refractivity contribution in [2.45, 2.75) is 18.0 Å². The molecular formula is C11H12N6O5S. The number of nitrogens with one attached hydrogen (secondary N) is 1. The maximum Gasteiger partial charge on any atom is 0.356 e. The van der Waals surface area contributed by atoms with E-state index in [2.05, 4.69) is 20.8 Å². The van der Waals surface area contributed by atoms with E-state index in [9.17, 15) is 19.5 Å². The highest BCUT2D eigenvalue weighted by atomic mass is 32.2. The summed E-state index contributed by atoms with van der Waals surface area (Å²) in [6, 6.07) is -0.781. The van der Waals surface area contributed by atoms with Gasteiger partial charge in [-0.3, -0.25) is 14.5 Å². The molecule has 0 spiro atoms. The van der Waals surface area contributed by atoms with Crippen LogP contribution in [0.15, 0.2) is 17.8 Å². The number of aliphatic carboxylic acids is 1. The highest BCUT2D eigenvalue weighted by Gasteiger charge is 2.54. The second-order valence-electron chi connectivity index (χ2n) is 4.74. The first kappa shape index (κ1) is 15.3. The molecule has 122 valence electrons. The zero-order valence-electron chi connectivity index (χ0n) is 11.9. The molecule has 2 amide bonds. The molecule has 0 unspecified atom stereocenters. The van der Waals surface area contributed by atoms with Crippen molar-refractivity contribution >= 4 is 29.5 Å². The van der Waals surface area contributed by atoms with E-state index in [4.69, 9.17) is 4.74 Å². The fourth-order valence-electron chi connectivity index (χ4n) is 2.37. The van der Waals surface area contributed by atoms with Gasteiger partial charge < -0.3 is 15.2 Å². The van der Waals surface area contributed by atoms with Crippen molar-refractivity contribution < 1.29 is 24.2 Å². The average molecular weight is 340 g/mol. The van der Waals surface area contributed by atoms with Gasteiger partial charge in [-0.05, 0) is 10.4 Å². The molecule has 1 saturated heterocycles. The molecule has 2 aliphatic heterocycles. The SMILES string of the molecule is COC1=C(C(=O)O)N2C(=O)[C@@H](NC(=O)Cn3cnnn3)[C@@H]2SC1. The van der Waals surface area contributed by atoms with Crippen molar-refractivity contribution in [3.05, 3.63) is 17.8 Å². The van der Waals surface area contributed by atoms with Crippen LogP contribution in [0, 0.1) is 0 Å². The van der Waals surface area contributed by atoms with E-state index in [-0.39, 0.29) is 18.0 Å². The lowest BCUT2D eigenvalue weighted by molar-refractivity contribution is -0.151. The fraction of sp³-hybridized carbons (Fsp3) is 0.455. The first-order valence-electron chi connectivity index (χ1n) is 6.48. The molecule has 12 heteroatoms. The second-order valence-corrected chi connectivity index (χ2v) is 5.85. The first-order valence-corrected chi connectivity index (χ1v) is 7.53. The standard InChI is InChI=1S/C11H12N6O5S/c1-22-5-3-23-10-7(9(19)17(10)8(5)11(20)21)13-6(18)2-16-4-12-14-15-16/h4,7,10H,2-3H2,1H3,(H,13,18)(H,20,21)/t7-,10+/m1/s1. The highest BCUT2D eigenvalue weighted by Crippen LogP contribution is 2.40. The predicted molar refractivity (Wildman–Crippen MR) is 74.5 cm³/mol. The number of thioether (sulfide) groups is 1. The zero-order chi connectivity index (χ0) is 16.6. The normalized spacial score (nSPS) is 23.2. The van der Waals surface area contributed by atoms with Gasteiger partial charge in [-0.1, -0.05) is 0 Å². The van der Waals surface area contributed by atoms with Crippen LogP contribution in [0.1, 0.15) is 0 Å². The van der Waals surface area contributed by atoms with E-state index in [0.717, 1.165) is 4.90 Å². The second kappa shape index (κ2) is 5.87. The van der Waals surface area contributed by atoms with Crippen LogP contribution in [0.2, 0.25) is 0 Å². The summed E-state index contributed by atoms with van der Waals surface area (Å²) in [6.07, 6.45) is 1.28. The maximum atomic E-state index is 12.2. The highest BCUT2D eigenvalue weighted by molar-refractivity contribution is 8.00. The predicted octanol–water partition coefficient (Wildman–Crippen LogP) is -1.98. The number of carboxylic acids is 1. The molecule has 1 aromatic rings. The third kappa shape index (κ3) is 2.60. The number of hydrogen-bond donors (Lipinski definition) is 2. The molecule has 11 nitrogen and oxygen atoms in total. The molecular weight excluding hydrogens is 328 g/mol. The minimum Gasteiger partial charge on any atom is -0.498 e. The van der Waals surface area contributed by atoms with Crippen LogP contribution >= 0.6 is 11.8 Å². The van der Waals surface area contributed by atoms with Gasteiger partial charge in [0.15, 0.2) is 5.70 Å². The maximum absolute atomic E-state index is 12.2. The number of nitrogens with zero attached hydrogens (tertiary/aromatic N) is 5. The minimum absolute atomic E-state index is 0.126. The Labute approximate surface area is 133 Å². The molecule has 0 radical (unpaired) electrons. The molecule has 0 saturated carbocycles. The molecule has 0 aromatic carbocycles. The number of fused-ring (bicyclic) bond motifs is 1. The largest absolute Gasteiger partial charge is 0.498 e. The Morgan fingerprint density at radius 3 is 2.96 bits per heavy atom. The number of amides is 2. The lowest BCUT2D eigenvalue weighted by Gasteiger charge is -2.48. The Balaban J connectivity index is 1.69. The van der Waals surface area contributed by atoms with Gasteiger partial charge in [-0.15, -0.1) is 16.9 Å². The summed E-state index contributed by atoms with van der Waals surface area (Å²) in [4.78, 5) is 36.6. The van der Waals surface area contributed by atoms with Gasteiger partial charge in [-0.2, -0.15) is 0 Å². The Hall–Kier alpha value is -2.63. The molecule has 2 aliphatic rings.